The molecule has 1 amide bonds. The Morgan fingerprint density at radius 3 is 2.36 bits per heavy atom. The second kappa shape index (κ2) is 6.65. The van der Waals surface area contributed by atoms with Crippen LogP contribution in [0.1, 0.15) is 16.1 Å². The molecule has 0 fully saturated rings. The molecule has 0 aliphatic heterocycles. The van der Waals surface area contributed by atoms with Gasteiger partial charge in [0.1, 0.15) is 22.3 Å². The van der Waals surface area contributed by atoms with Crippen LogP contribution in [-0.2, 0) is 0 Å². The van der Waals surface area contributed by atoms with Crippen LogP contribution >= 0.6 is 0 Å². The van der Waals surface area contributed by atoms with Gasteiger partial charge in [0.05, 0.1) is 24.2 Å². The molecule has 0 spiro atoms. The topological polar surface area (TPSA) is 149 Å². The van der Waals surface area contributed by atoms with Gasteiger partial charge in [0, 0.05) is 0 Å². The molecular weight excluding hydrogens is 370 g/mol. The fraction of sp³-hybridized carbons (Fsp3) is 0. The maximum atomic E-state index is 12.4. The van der Waals surface area contributed by atoms with Gasteiger partial charge in [0.25, 0.3) is 5.91 Å². The minimum Gasteiger partial charge on any atom is -0.464 e. The van der Waals surface area contributed by atoms with Crippen LogP contribution in [0, 0.1) is 21.4 Å². The Bertz CT molecular complexity index is 1190. The van der Waals surface area contributed by atoms with Crippen LogP contribution < -0.4 is 5.32 Å². The van der Waals surface area contributed by atoms with E-state index in [9.17, 15) is 20.2 Å². The number of anilines is 1. The maximum Gasteiger partial charge on any atom is 0.433 e. The Kier molecular flexibility index (Phi) is 4.02. The third-order valence-electron chi connectivity index (χ3n) is 3.76. The number of rotatable bonds is 5. The number of amides is 1. The Hall–Kier alpha value is -4.52. The van der Waals surface area contributed by atoms with E-state index in [1.165, 1.54) is 12.5 Å². The van der Waals surface area contributed by atoms with Gasteiger partial charge in [-0.25, -0.2) is 0 Å². The van der Waals surface area contributed by atoms with Gasteiger partial charge >= 0.3 is 5.88 Å². The highest BCUT2D eigenvalue weighted by atomic mass is 16.6. The van der Waals surface area contributed by atoms with Crippen molar-refractivity contribution in [3.05, 3.63) is 70.4 Å². The number of nitrogens with zero attached hydrogens (tertiary/aromatic N) is 2. The van der Waals surface area contributed by atoms with Gasteiger partial charge < -0.3 is 17.7 Å². The predicted octanol–water partition coefficient (Wildman–Crippen LogP) is 4.42. The molecule has 0 aliphatic carbocycles. The van der Waals surface area contributed by atoms with Gasteiger partial charge in [-0.05, 0) is 30.3 Å². The first-order valence-corrected chi connectivity index (χ1v) is 7.78. The molecule has 138 valence electrons. The lowest BCUT2D eigenvalue weighted by atomic mass is 10.1. The van der Waals surface area contributed by atoms with Crippen LogP contribution in [0.5, 0.6) is 0 Å². The summed E-state index contributed by atoms with van der Waals surface area (Å²) in [6.45, 7) is 0. The lowest BCUT2D eigenvalue weighted by molar-refractivity contribution is -0.402. The number of furan rings is 4. The molecule has 10 nitrogen and oxygen atoms in total. The van der Waals surface area contributed by atoms with Crippen molar-refractivity contribution < 1.29 is 27.4 Å². The van der Waals surface area contributed by atoms with Crippen molar-refractivity contribution in [2.24, 2.45) is 0 Å². The smallest absolute Gasteiger partial charge is 0.433 e. The fourth-order valence-electron chi connectivity index (χ4n) is 2.58. The van der Waals surface area contributed by atoms with Crippen LogP contribution in [0.15, 0.2) is 66.6 Å². The highest BCUT2D eigenvalue weighted by Gasteiger charge is 2.28. The van der Waals surface area contributed by atoms with E-state index in [0.29, 0.717) is 17.1 Å². The number of carbonyl (C=O) groups excluding carboxylic acids is 1. The number of nitriles is 1. The quantitative estimate of drug-likeness (QED) is 0.395. The highest BCUT2D eigenvalue weighted by Crippen LogP contribution is 2.41. The SMILES string of the molecule is N#Cc1c(NC(=O)c2ccc([N+](=O)[O-])o2)oc(-c2ccco2)c1-c1ccco1. The zero-order valence-electron chi connectivity index (χ0n) is 13.9. The van der Waals surface area contributed by atoms with E-state index in [4.69, 9.17) is 17.7 Å². The molecule has 0 radical (unpaired) electrons. The van der Waals surface area contributed by atoms with Crippen molar-refractivity contribution in [1.29, 1.82) is 5.26 Å². The Balaban J connectivity index is 1.77. The second-order valence-corrected chi connectivity index (χ2v) is 5.43. The maximum absolute atomic E-state index is 12.4. The van der Waals surface area contributed by atoms with E-state index in [1.54, 1.807) is 24.3 Å². The third-order valence-corrected chi connectivity index (χ3v) is 3.76. The summed E-state index contributed by atoms with van der Waals surface area (Å²) in [7, 11) is 0. The molecule has 0 unspecified atom stereocenters. The van der Waals surface area contributed by atoms with E-state index < -0.39 is 16.7 Å². The van der Waals surface area contributed by atoms with Gasteiger partial charge in [0.2, 0.25) is 5.88 Å². The number of carbonyl (C=O) groups is 1. The van der Waals surface area contributed by atoms with Crippen LogP contribution in [0.4, 0.5) is 11.8 Å². The number of hydrogen-bond acceptors (Lipinski definition) is 8. The molecule has 0 saturated heterocycles. The summed E-state index contributed by atoms with van der Waals surface area (Å²) in [4.78, 5) is 22.3. The first kappa shape index (κ1) is 16.9. The van der Waals surface area contributed by atoms with Crippen molar-refractivity contribution in [3.8, 4) is 28.9 Å². The molecule has 0 aromatic carbocycles. The van der Waals surface area contributed by atoms with E-state index in [-0.39, 0.29) is 23.0 Å². The molecular formula is C18H9N3O7. The standard InChI is InChI=1S/C18H9N3O7/c19-9-10-15(11-3-1-7-25-11)16(12-4-2-8-26-12)28-18(10)20-17(22)13-5-6-14(27-13)21(23)24/h1-8H,(H,20,22). The van der Waals surface area contributed by atoms with E-state index in [2.05, 4.69) is 5.32 Å². The van der Waals surface area contributed by atoms with Gasteiger partial charge in [-0.1, -0.05) is 0 Å². The Morgan fingerprint density at radius 1 is 1.07 bits per heavy atom. The zero-order chi connectivity index (χ0) is 19.7. The lowest BCUT2D eigenvalue weighted by Gasteiger charge is -1.99. The monoisotopic (exact) mass is 379 g/mol. The molecule has 4 heterocycles. The summed E-state index contributed by atoms with van der Waals surface area (Å²) >= 11 is 0. The Morgan fingerprint density at radius 2 is 1.79 bits per heavy atom. The summed E-state index contributed by atoms with van der Waals surface area (Å²) in [5.41, 5.74) is 0.291. The molecule has 10 heteroatoms. The normalized spacial score (nSPS) is 10.5. The molecule has 0 aliphatic rings. The minimum absolute atomic E-state index is 0.00393. The molecule has 1 N–H and O–H groups in total. The van der Waals surface area contributed by atoms with Crippen molar-refractivity contribution in [2.45, 2.75) is 0 Å². The first-order valence-electron chi connectivity index (χ1n) is 7.78. The van der Waals surface area contributed by atoms with Crippen molar-refractivity contribution in [2.75, 3.05) is 5.32 Å². The predicted molar refractivity (Wildman–Crippen MR) is 92.1 cm³/mol. The van der Waals surface area contributed by atoms with Gasteiger partial charge in [-0.15, -0.1) is 0 Å². The molecule has 4 aromatic rings. The molecule has 0 bridgehead atoms. The molecule has 0 atom stereocenters. The summed E-state index contributed by atoms with van der Waals surface area (Å²) in [5.74, 6) is -1.07. The third kappa shape index (κ3) is 2.82. The largest absolute Gasteiger partial charge is 0.464 e. The first-order chi connectivity index (χ1) is 13.6. The summed E-state index contributed by atoms with van der Waals surface area (Å²) in [6.07, 6.45) is 2.85. The van der Waals surface area contributed by atoms with Crippen LogP contribution in [0.3, 0.4) is 0 Å². The van der Waals surface area contributed by atoms with Crippen LogP contribution in [0.25, 0.3) is 22.8 Å². The highest BCUT2D eigenvalue weighted by molar-refractivity contribution is 6.03. The lowest BCUT2D eigenvalue weighted by Crippen LogP contribution is -2.11. The average Bonchev–Trinajstić information content (AvgIpc) is 3.47. The molecule has 4 aromatic heterocycles. The number of hydrogen-bond donors (Lipinski definition) is 1. The van der Waals surface area contributed by atoms with Crippen molar-refractivity contribution >= 4 is 17.7 Å². The van der Waals surface area contributed by atoms with Gasteiger partial charge in [-0.2, -0.15) is 5.26 Å². The number of nitrogens with one attached hydrogen (secondary N) is 1. The minimum atomic E-state index is -0.824. The van der Waals surface area contributed by atoms with Crippen molar-refractivity contribution in [1.82, 2.24) is 0 Å². The van der Waals surface area contributed by atoms with E-state index in [0.717, 1.165) is 12.1 Å². The average molecular weight is 379 g/mol. The van der Waals surface area contributed by atoms with Gasteiger partial charge in [0.15, 0.2) is 17.3 Å². The number of nitro groups is 1. The van der Waals surface area contributed by atoms with Crippen molar-refractivity contribution in [3.63, 3.8) is 0 Å². The van der Waals surface area contributed by atoms with E-state index >= 15 is 0 Å². The summed E-state index contributed by atoms with van der Waals surface area (Å²) in [6, 6.07) is 10.7. The fourth-order valence-corrected chi connectivity index (χ4v) is 2.58. The molecule has 0 saturated carbocycles. The summed E-state index contributed by atoms with van der Waals surface area (Å²) < 4.78 is 21.2. The summed E-state index contributed by atoms with van der Waals surface area (Å²) in [5, 5.41) is 22.7. The zero-order valence-corrected chi connectivity index (χ0v) is 13.9. The van der Waals surface area contributed by atoms with Gasteiger partial charge in [-0.3, -0.25) is 20.2 Å². The second-order valence-electron chi connectivity index (χ2n) is 5.43. The van der Waals surface area contributed by atoms with Crippen LogP contribution in [-0.4, -0.2) is 10.8 Å². The molecule has 4 rings (SSSR count). The Labute approximate surface area is 155 Å². The van der Waals surface area contributed by atoms with E-state index in [1.807, 2.05) is 6.07 Å². The molecule has 28 heavy (non-hydrogen) atoms. The van der Waals surface area contributed by atoms with Crippen LogP contribution in [0.2, 0.25) is 0 Å².